The van der Waals surface area contributed by atoms with Crippen LogP contribution in [0.25, 0.3) is 0 Å². The summed E-state index contributed by atoms with van der Waals surface area (Å²) in [5.74, 6) is 0.231. The number of thioether (sulfide) groups is 1. The maximum Gasteiger partial charge on any atom is 0.277 e. The van der Waals surface area contributed by atoms with Crippen LogP contribution in [0.15, 0.2) is 56.7 Å². The molecule has 24 heavy (non-hydrogen) atoms. The number of nitrogens with zero attached hydrogens (tertiary/aromatic N) is 2. The maximum atomic E-state index is 13.2. The third kappa shape index (κ3) is 4.02. The molecule has 0 aliphatic carbocycles. The van der Waals surface area contributed by atoms with Gasteiger partial charge in [0, 0.05) is 6.42 Å². The third-order valence-corrected chi connectivity index (χ3v) is 4.16. The largest absolute Gasteiger partial charge is 0.469 e. The van der Waals surface area contributed by atoms with E-state index in [2.05, 4.69) is 10.2 Å². The molecule has 1 amide bonds. The number of benzene rings is 1. The number of carbonyl (C=O) groups is 1. The molecule has 0 saturated carbocycles. The molecule has 0 aliphatic heterocycles. The molecular weight excluding hydrogens is 333 g/mol. The number of carbonyl (C=O) groups excluding carboxylic acids is 1. The van der Waals surface area contributed by atoms with E-state index in [0.29, 0.717) is 18.1 Å². The first-order valence-corrected chi connectivity index (χ1v) is 8.12. The van der Waals surface area contributed by atoms with Crippen LogP contribution in [-0.2, 0) is 11.2 Å². The van der Waals surface area contributed by atoms with Crippen molar-refractivity contribution in [3.05, 3.63) is 65.7 Å². The van der Waals surface area contributed by atoms with Crippen LogP contribution in [-0.4, -0.2) is 21.9 Å². The van der Waals surface area contributed by atoms with E-state index in [1.165, 1.54) is 12.1 Å². The van der Waals surface area contributed by atoms with Crippen molar-refractivity contribution in [2.24, 2.45) is 5.73 Å². The van der Waals surface area contributed by atoms with Crippen molar-refractivity contribution in [2.75, 3.05) is 5.75 Å². The Kier molecular flexibility index (Phi) is 4.95. The van der Waals surface area contributed by atoms with E-state index in [1.807, 2.05) is 6.07 Å². The number of furan rings is 1. The van der Waals surface area contributed by atoms with Gasteiger partial charge in [-0.05, 0) is 29.8 Å². The van der Waals surface area contributed by atoms with Gasteiger partial charge in [-0.15, -0.1) is 10.2 Å². The van der Waals surface area contributed by atoms with Gasteiger partial charge < -0.3 is 14.6 Å². The molecule has 6 nitrogen and oxygen atoms in total. The molecule has 0 aliphatic rings. The minimum absolute atomic E-state index is 0.0706. The van der Waals surface area contributed by atoms with E-state index in [4.69, 9.17) is 14.6 Å². The van der Waals surface area contributed by atoms with E-state index >= 15 is 0 Å². The maximum absolute atomic E-state index is 13.2. The monoisotopic (exact) mass is 347 g/mol. The van der Waals surface area contributed by atoms with Gasteiger partial charge in [-0.25, -0.2) is 4.39 Å². The lowest BCUT2D eigenvalue weighted by Gasteiger charge is -2.13. The molecule has 2 N–H and O–H groups in total. The lowest BCUT2D eigenvalue weighted by Crippen LogP contribution is -2.12. The van der Waals surface area contributed by atoms with Gasteiger partial charge in [0.2, 0.25) is 11.8 Å². The summed E-state index contributed by atoms with van der Waals surface area (Å²) in [5.41, 5.74) is 5.96. The minimum atomic E-state index is -0.459. The summed E-state index contributed by atoms with van der Waals surface area (Å²) in [7, 11) is 0. The van der Waals surface area contributed by atoms with Gasteiger partial charge in [0.05, 0.1) is 17.9 Å². The molecule has 0 saturated heterocycles. The standard InChI is InChI=1S/C16H14FN3O3S/c17-11-5-3-10(4-6-11)12(13-2-1-7-22-13)8-15-19-20-16(23-15)24-9-14(18)21/h1-7,12H,8-9H2,(H2,18,21)/t12-/m1/s1. The first kappa shape index (κ1) is 16.3. The van der Waals surface area contributed by atoms with E-state index in [9.17, 15) is 9.18 Å². The Bertz CT molecular complexity index is 802. The summed E-state index contributed by atoms with van der Waals surface area (Å²) >= 11 is 1.08. The zero-order valence-electron chi connectivity index (χ0n) is 12.5. The van der Waals surface area contributed by atoms with Gasteiger partial charge in [-0.3, -0.25) is 4.79 Å². The normalized spacial score (nSPS) is 12.2. The van der Waals surface area contributed by atoms with Crippen LogP contribution in [0.5, 0.6) is 0 Å². The van der Waals surface area contributed by atoms with Crippen molar-refractivity contribution in [2.45, 2.75) is 17.6 Å². The lowest BCUT2D eigenvalue weighted by molar-refractivity contribution is -0.115. The molecule has 2 heterocycles. The lowest BCUT2D eigenvalue weighted by atomic mass is 9.93. The molecule has 3 aromatic rings. The fourth-order valence-corrected chi connectivity index (χ4v) is 2.77. The number of halogens is 1. The van der Waals surface area contributed by atoms with Crippen LogP contribution in [0.1, 0.15) is 23.1 Å². The average molecular weight is 347 g/mol. The van der Waals surface area contributed by atoms with Crippen molar-refractivity contribution in [3.63, 3.8) is 0 Å². The van der Waals surface area contributed by atoms with Crippen LogP contribution >= 0.6 is 11.8 Å². The highest BCUT2D eigenvalue weighted by Crippen LogP contribution is 2.29. The number of amides is 1. The minimum Gasteiger partial charge on any atom is -0.469 e. The van der Waals surface area contributed by atoms with Crippen LogP contribution in [0.3, 0.4) is 0 Å². The van der Waals surface area contributed by atoms with E-state index in [0.717, 1.165) is 17.3 Å². The molecule has 0 radical (unpaired) electrons. The zero-order valence-corrected chi connectivity index (χ0v) is 13.3. The molecule has 3 rings (SSSR count). The number of rotatable bonds is 7. The SMILES string of the molecule is NC(=O)CSc1nnc(C[C@H](c2ccc(F)cc2)c2ccco2)o1. The number of hydrogen-bond acceptors (Lipinski definition) is 6. The van der Waals surface area contributed by atoms with Gasteiger partial charge in [0.1, 0.15) is 11.6 Å². The summed E-state index contributed by atoms with van der Waals surface area (Å²) < 4.78 is 24.2. The summed E-state index contributed by atoms with van der Waals surface area (Å²) in [6, 6.07) is 9.81. The van der Waals surface area contributed by atoms with Gasteiger partial charge in [-0.1, -0.05) is 23.9 Å². The van der Waals surface area contributed by atoms with E-state index in [1.54, 1.807) is 24.5 Å². The summed E-state index contributed by atoms with van der Waals surface area (Å²) in [4.78, 5) is 10.8. The highest BCUT2D eigenvalue weighted by molar-refractivity contribution is 7.99. The molecule has 2 aromatic heterocycles. The second kappa shape index (κ2) is 7.31. The number of primary amides is 1. The number of hydrogen-bond donors (Lipinski definition) is 1. The Hall–Kier alpha value is -2.61. The van der Waals surface area contributed by atoms with Crippen LogP contribution in [0.4, 0.5) is 4.39 Å². The predicted molar refractivity (Wildman–Crippen MR) is 84.9 cm³/mol. The van der Waals surface area contributed by atoms with Crippen molar-refractivity contribution in [3.8, 4) is 0 Å². The average Bonchev–Trinajstić information content (AvgIpc) is 3.23. The van der Waals surface area contributed by atoms with Crippen LogP contribution < -0.4 is 5.73 Å². The number of aromatic nitrogens is 2. The molecule has 0 fully saturated rings. The smallest absolute Gasteiger partial charge is 0.277 e. The van der Waals surface area contributed by atoms with E-state index in [-0.39, 0.29) is 22.7 Å². The van der Waals surface area contributed by atoms with Gasteiger partial charge in [0.15, 0.2) is 0 Å². The summed E-state index contributed by atoms with van der Waals surface area (Å²) in [6.45, 7) is 0. The quantitative estimate of drug-likeness (QED) is 0.660. The molecule has 8 heteroatoms. The fourth-order valence-electron chi connectivity index (χ4n) is 2.25. The molecular formula is C16H14FN3O3S. The van der Waals surface area contributed by atoms with Gasteiger partial charge in [0.25, 0.3) is 5.22 Å². The molecule has 124 valence electrons. The van der Waals surface area contributed by atoms with Crippen molar-refractivity contribution in [1.82, 2.24) is 10.2 Å². The molecule has 1 aromatic carbocycles. The Labute approximate surface area is 141 Å². The topological polar surface area (TPSA) is 95.2 Å². The fraction of sp³-hybridized carbons (Fsp3) is 0.188. The molecule has 1 atom stereocenters. The molecule has 0 spiro atoms. The van der Waals surface area contributed by atoms with Gasteiger partial charge in [-0.2, -0.15) is 0 Å². The Morgan fingerprint density at radius 2 is 2.04 bits per heavy atom. The van der Waals surface area contributed by atoms with Crippen LogP contribution in [0, 0.1) is 5.82 Å². The third-order valence-electron chi connectivity index (χ3n) is 3.32. The van der Waals surface area contributed by atoms with E-state index < -0.39 is 5.91 Å². The summed E-state index contributed by atoms with van der Waals surface area (Å²) in [5, 5.41) is 8.14. The van der Waals surface area contributed by atoms with Crippen molar-refractivity contribution in [1.29, 1.82) is 0 Å². The van der Waals surface area contributed by atoms with Crippen molar-refractivity contribution < 1.29 is 18.0 Å². The highest BCUT2D eigenvalue weighted by atomic mass is 32.2. The second-order valence-corrected chi connectivity index (χ2v) is 5.97. The Balaban J connectivity index is 1.80. The van der Waals surface area contributed by atoms with Gasteiger partial charge >= 0.3 is 0 Å². The Morgan fingerprint density at radius 1 is 1.25 bits per heavy atom. The first-order chi connectivity index (χ1) is 11.6. The molecule has 0 unspecified atom stereocenters. The predicted octanol–water partition coefficient (Wildman–Crippen LogP) is 2.75. The van der Waals surface area contributed by atoms with Crippen molar-refractivity contribution >= 4 is 17.7 Å². The number of nitrogens with two attached hydrogens (primary N) is 1. The zero-order chi connectivity index (χ0) is 16.9. The second-order valence-electron chi connectivity index (χ2n) is 5.04. The molecule has 0 bridgehead atoms. The Morgan fingerprint density at radius 3 is 2.71 bits per heavy atom. The first-order valence-electron chi connectivity index (χ1n) is 7.14. The highest BCUT2D eigenvalue weighted by Gasteiger charge is 2.21. The van der Waals surface area contributed by atoms with Crippen LogP contribution in [0.2, 0.25) is 0 Å². The summed E-state index contributed by atoms with van der Waals surface area (Å²) in [6.07, 6.45) is 1.97.